The summed E-state index contributed by atoms with van der Waals surface area (Å²) in [6.07, 6.45) is 1.60. The maximum Gasteiger partial charge on any atom is 0.162 e. The molecule has 0 bridgehead atoms. The van der Waals surface area contributed by atoms with Gasteiger partial charge in [0, 0.05) is 13.0 Å². The minimum atomic E-state index is -0.617. The number of rotatable bonds is 5. The molecule has 20 heavy (non-hydrogen) atoms. The summed E-state index contributed by atoms with van der Waals surface area (Å²) < 4.78 is 7.07. The number of aryl methyl sites for hydroxylation is 3. The van der Waals surface area contributed by atoms with E-state index < -0.39 is 6.10 Å². The summed E-state index contributed by atoms with van der Waals surface area (Å²) in [5.41, 5.74) is 4.29. The van der Waals surface area contributed by atoms with Gasteiger partial charge in [-0.1, -0.05) is 29.3 Å². The molecule has 108 valence electrons. The number of methoxy groups -OCH3 is 1. The molecule has 0 aliphatic carbocycles. The Balaban J connectivity index is 2.27. The molecular weight excluding hydrogens is 252 g/mol. The van der Waals surface area contributed by atoms with E-state index in [1.165, 1.54) is 11.1 Å². The molecule has 1 unspecified atom stereocenters. The highest BCUT2D eigenvalue weighted by Gasteiger charge is 2.19. The maximum atomic E-state index is 10.5. The van der Waals surface area contributed by atoms with Crippen molar-refractivity contribution in [2.45, 2.75) is 39.8 Å². The van der Waals surface area contributed by atoms with Crippen LogP contribution in [0.15, 0.2) is 24.4 Å². The molecule has 0 saturated heterocycles. The minimum Gasteiger partial charge on any atom is -0.493 e. The molecule has 0 saturated carbocycles. The van der Waals surface area contributed by atoms with Crippen molar-refractivity contribution >= 4 is 0 Å². The van der Waals surface area contributed by atoms with Crippen molar-refractivity contribution in [2.24, 2.45) is 0 Å². The van der Waals surface area contributed by atoms with Gasteiger partial charge in [-0.05, 0) is 26.3 Å². The number of hydrogen-bond donors (Lipinski definition) is 1. The highest BCUT2D eigenvalue weighted by atomic mass is 16.5. The van der Waals surface area contributed by atoms with Gasteiger partial charge in [0.15, 0.2) is 5.75 Å². The predicted octanol–water partition coefficient (Wildman–Crippen LogP) is 2.80. The highest BCUT2D eigenvalue weighted by molar-refractivity contribution is 5.32. The van der Waals surface area contributed by atoms with Crippen LogP contribution in [0.2, 0.25) is 0 Å². The Morgan fingerprint density at radius 1 is 1.25 bits per heavy atom. The Morgan fingerprint density at radius 3 is 2.45 bits per heavy atom. The van der Waals surface area contributed by atoms with E-state index in [1.807, 2.05) is 6.92 Å². The third-order valence-corrected chi connectivity index (χ3v) is 3.39. The van der Waals surface area contributed by atoms with Crippen LogP contribution in [0.4, 0.5) is 0 Å². The van der Waals surface area contributed by atoms with E-state index in [4.69, 9.17) is 4.74 Å². The second kappa shape index (κ2) is 6.09. The fourth-order valence-electron chi connectivity index (χ4n) is 2.63. The Labute approximate surface area is 120 Å². The van der Waals surface area contributed by atoms with Gasteiger partial charge in [-0.2, -0.15) is 5.10 Å². The zero-order valence-electron chi connectivity index (χ0n) is 12.6. The van der Waals surface area contributed by atoms with E-state index in [9.17, 15) is 5.11 Å². The fourth-order valence-corrected chi connectivity index (χ4v) is 2.63. The van der Waals surface area contributed by atoms with Gasteiger partial charge in [-0.3, -0.25) is 4.68 Å². The number of benzene rings is 1. The van der Waals surface area contributed by atoms with Crippen LogP contribution < -0.4 is 4.74 Å². The number of hydrogen-bond acceptors (Lipinski definition) is 3. The Morgan fingerprint density at radius 2 is 1.90 bits per heavy atom. The zero-order chi connectivity index (χ0) is 14.7. The van der Waals surface area contributed by atoms with Gasteiger partial charge in [0.25, 0.3) is 0 Å². The van der Waals surface area contributed by atoms with E-state index in [2.05, 4.69) is 37.1 Å². The van der Waals surface area contributed by atoms with Crippen LogP contribution in [0.25, 0.3) is 0 Å². The third-order valence-electron chi connectivity index (χ3n) is 3.39. The van der Waals surface area contributed by atoms with Crippen molar-refractivity contribution in [3.8, 4) is 5.75 Å². The molecule has 0 aliphatic rings. The average Bonchev–Trinajstić information content (AvgIpc) is 2.80. The Hall–Kier alpha value is -1.81. The van der Waals surface area contributed by atoms with Crippen molar-refractivity contribution in [1.29, 1.82) is 0 Å². The van der Waals surface area contributed by atoms with Crippen molar-refractivity contribution in [3.05, 3.63) is 46.8 Å². The molecule has 1 N–H and O–H groups in total. The molecular formula is C16H22N2O2. The lowest BCUT2D eigenvalue weighted by Gasteiger charge is -2.15. The number of aromatic nitrogens is 2. The van der Waals surface area contributed by atoms with Gasteiger partial charge in [0.1, 0.15) is 11.8 Å². The number of aliphatic hydroxyl groups excluding tert-OH is 1. The van der Waals surface area contributed by atoms with E-state index in [1.54, 1.807) is 18.0 Å². The minimum absolute atomic E-state index is 0.560. The molecule has 0 fully saturated rings. The lowest BCUT2D eigenvalue weighted by molar-refractivity contribution is 0.162. The number of aliphatic hydroxyl groups is 1. The second-order valence-electron chi connectivity index (χ2n) is 5.13. The van der Waals surface area contributed by atoms with Crippen molar-refractivity contribution in [3.63, 3.8) is 0 Å². The average molecular weight is 274 g/mol. The number of ether oxygens (including phenoxy) is 1. The summed E-state index contributed by atoms with van der Waals surface area (Å²) >= 11 is 0. The zero-order valence-corrected chi connectivity index (χ0v) is 12.6. The van der Waals surface area contributed by atoms with Crippen LogP contribution in [0.1, 0.15) is 35.4 Å². The molecule has 1 atom stereocenters. The summed E-state index contributed by atoms with van der Waals surface area (Å²) in [4.78, 5) is 0. The van der Waals surface area contributed by atoms with Crippen LogP contribution in [0, 0.1) is 13.8 Å². The summed E-state index contributed by atoms with van der Waals surface area (Å²) in [6, 6.07) is 6.34. The highest BCUT2D eigenvalue weighted by Crippen LogP contribution is 2.28. The summed E-state index contributed by atoms with van der Waals surface area (Å²) in [5.74, 6) is 0.642. The first-order valence-corrected chi connectivity index (χ1v) is 6.90. The fraction of sp³-hybridized carbons (Fsp3) is 0.438. The standard InChI is InChI=1S/C16H22N2O2/c1-5-18-16(15(20-4)10-17-18)14(19)9-13-7-11(2)6-12(3)8-13/h6-8,10,14,19H,5,9H2,1-4H3. The summed E-state index contributed by atoms with van der Waals surface area (Å²) in [5, 5.41) is 14.8. The molecule has 0 radical (unpaired) electrons. The van der Waals surface area contributed by atoms with Crippen molar-refractivity contribution in [1.82, 2.24) is 9.78 Å². The van der Waals surface area contributed by atoms with Gasteiger partial charge in [-0.25, -0.2) is 0 Å². The van der Waals surface area contributed by atoms with Gasteiger partial charge < -0.3 is 9.84 Å². The van der Waals surface area contributed by atoms with Crippen molar-refractivity contribution < 1.29 is 9.84 Å². The van der Waals surface area contributed by atoms with Crippen molar-refractivity contribution in [2.75, 3.05) is 7.11 Å². The molecule has 4 heteroatoms. The second-order valence-corrected chi connectivity index (χ2v) is 5.13. The molecule has 0 spiro atoms. The van der Waals surface area contributed by atoms with Crippen LogP contribution in [0.3, 0.4) is 0 Å². The maximum absolute atomic E-state index is 10.5. The lowest BCUT2D eigenvalue weighted by Crippen LogP contribution is -2.11. The monoisotopic (exact) mass is 274 g/mol. The van der Waals surface area contributed by atoms with Gasteiger partial charge in [0.05, 0.1) is 13.3 Å². The first-order valence-electron chi connectivity index (χ1n) is 6.90. The van der Waals surface area contributed by atoms with E-state index in [0.717, 1.165) is 11.3 Å². The third kappa shape index (κ3) is 3.02. The Bertz CT molecular complexity index is 548. The molecule has 2 aromatic rings. The van der Waals surface area contributed by atoms with Crippen LogP contribution in [0.5, 0.6) is 5.75 Å². The van der Waals surface area contributed by atoms with E-state index in [-0.39, 0.29) is 0 Å². The number of nitrogens with zero attached hydrogens (tertiary/aromatic N) is 2. The first kappa shape index (κ1) is 14.6. The summed E-state index contributed by atoms with van der Waals surface area (Å²) in [7, 11) is 1.60. The summed E-state index contributed by atoms with van der Waals surface area (Å²) in [6.45, 7) is 6.85. The molecule has 4 nitrogen and oxygen atoms in total. The van der Waals surface area contributed by atoms with Gasteiger partial charge in [0.2, 0.25) is 0 Å². The molecule has 1 heterocycles. The molecule has 0 amide bonds. The van der Waals surface area contributed by atoms with Gasteiger partial charge in [-0.15, -0.1) is 0 Å². The van der Waals surface area contributed by atoms with Gasteiger partial charge >= 0.3 is 0 Å². The molecule has 2 rings (SSSR count). The van der Waals surface area contributed by atoms with E-state index >= 15 is 0 Å². The normalized spacial score (nSPS) is 12.4. The van der Waals surface area contributed by atoms with Crippen LogP contribution >= 0.6 is 0 Å². The van der Waals surface area contributed by atoms with Crippen LogP contribution in [-0.4, -0.2) is 22.0 Å². The SMILES string of the molecule is CCn1ncc(OC)c1C(O)Cc1cc(C)cc(C)c1. The topological polar surface area (TPSA) is 47.3 Å². The first-order chi connectivity index (χ1) is 9.55. The Kier molecular flexibility index (Phi) is 4.45. The largest absolute Gasteiger partial charge is 0.493 e. The molecule has 0 aliphatic heterocycles. The van der Waals surface area contributed by atoms with E-state index in [0.29, 0.717) is 18.7 Å². The van der Waals surface area contributed by atoms with Crippen LogP contribution in [-0.2, 0) is 13.0 Å². The predicted molar refractivity (Wildman–Crippen MR) is 79.0 cm³/mol. The smallest absolute Gasteiger partial charge is 0.162 e. The lowest BCUT2D eigenvalue weighted by atomic mass is 10.0. The molecule has 1 aromatic carbocycles. The molecule has 1 aromatic heterocycles. The quantitative estimate of drug-likeness (QED) is 0.912.